The van der Waals surface area contributed by atoms with Gasteiger partial charge < -0.3 is 14.8 Å². The van der Waals surface area contributed by atoms with Crippen molar-refractivity contribution < 1.29 is 0 Å². The highest BCUT2D eigenvalue weighted by Crippen LogP contribution is 2.38. The molecule has 172 valence electrons. The Balaban J connectivity index is 0.00000259. The lowest BCUT2D eigenvalue weighted by Crippen LogP contribution is -2.36. The van der Waals surface area contributed by atoms with Crippen LogP contribution in [0.15, 0.2) is 29.6 Å². The Hall–Kier alpha value is -3.07. The molecule has 1 aliphatic heterocycles. The molecule has 0 radical (unpaired) electrons. The molecule has 0 bridgehead atoms. The fourth-order valence-electron chi connectivity index (χ4n) is 4.38. The van der Waals surface area contributed by atoms with E-state index in [0.717, 1.165) is 19.4 Å². The zero-order valence-electron chi connectivity index (χ0n) is 18.3. The summed E-state index contributed by atoms with van der Waals surface area (Å²) in [5.74, 6) is 1.34. The van der Waals surface area contributed by atoms with Crippen LogP contribution in [0, 0.1) is 11.3 Å². The third-order valence-corrected chi connectivity index (χ3v) is 6.22. The molecule has 0 amide bonds. The van der Waals surface area contributed by atoms with E-state index in [4.69, 9.17) is 16.7 Å². The average molecular weight is 486 g/mol. The van der Waals surface area contributed by atoms with E-state index in [2.05, 4.69) is 25.9 Å². The lowest BCUT2D eigenvalue weighted by Gasteiger charge is -2.28. The second-order valence-electron chi connectivity index (χ2n) is 8.16. The van der Waals surface area contributed by atoms with E-state index < -0.39 is 0 Å². The minimum absolute atomic E-state index is 0. The molecule has 10 nitrogen and oxygen atoms in total. The number of aromatic amines is 1. The van der Waals surface area contributed by atoms with Crippen LogP contribution in [0.5, 0.6) is 0 Å². The molecule has 0 unspecified atom stereocenters. The van der Waals surface area contributed by atoms with Crippen LogP contribution in [-0.2, 0) is 6.54 Å². The predicted molar refractivity (Wildman–Crippen MR) is 131 cm³/mol. The van der Waals surface area contributed by atoms with Crippen molar-refractivity contribution in [2.45, 2.75) is 25.4 Å². The van der Waals surface area contributed by atoms with Gasteiger partial charge in [0.1, 0.15) is 29.4 Å². The van der Waals surface area contributed by atoms with E-state index in [-0.39, 0.29) is 25.1 Å². The minimum Gasteiger partial charge on any atom is -0.346 e. The maximum Gasteiger partial charge on any atom is 0.279 e. The quantitative estimate of drug-likeness (QED) is 0.461. The van der Waals surface area contributed by atoms with Gasteiger partial charge >= 0.3 is 0 Å². The number of rotatable bonds is 5. The summed E-state index contributed by atoms with van der Waals surface area (Å²) in [6.45, 7) is 1.91. The Morgan fingerprint density at radius 3 is 2.94 bits per heavy atom. The highest BCUT2D eigenvalue weighted by molar-refractivity contribution is 7.59. The van der Waals surface area contributed by atoms with Gasteiger partial charge in [-0.2, -0.15) is 23.9 Å². The zero-order valence-corrected chi connectivity index (χ0v) is 20.0. The number of fused-ring (bicyclic) bond motifs is 2. The number of aromatic nitrogens is 6. The number of nitrogens with one attached hydrogen (secondary N) is 1. The average Bonchev–Trinajstić information content (AvgIpc) is 3.50. The van der Waals surface area contributed by atoms with Crippen molar-refractivity contribution >= 4 is 47.5 Å². The van der Waals surface area contributed by atoms with Gasteiger partial charge in [-0.15, -0.1) is 0 Å². The minimum atomic E-state index is -0.171. The van der Waals surface area contributed by atoms with Crippen molar-refractivity contribution in [3.63, 3.8) is 0 Å². The number of nitriles is 1. The van der Waals surface area contributed by atoms with Crippen molar-refractivity contribution in [3.05, 3.63) is 51.6 Å². The third-order valence-electron chi connectivity index (χ3n) is 5.92. The van der Waals surface area contributed by atoms with Gasteiger partial charge in [0.05, 0.1) is 22.0 Å². The van der Waals surface area contributed by atoms with Gasteiger partial charge in [0, 0.05) is 32.0 Å². The summed E-state index contributed by atoms with van der Waals surface area (Å²) in [7, 11) is 3.94. The van der Waals surface area contributed by atoms with E-state index >= 15 is 0 Å². The Morgan fingerprint density at radius 1 is 1.36 bits per heavy atom. The normalized spacial score (nSPS) is 16.0. The Morgan fingerprint density at radius 2 is 2.18 bits per heavy atom. The van der Waals surface area contributed by atoms with Crippen LogP contribution in [0.3, 0.4) is 0 Å². The summed E-state index contributed by atoms with van der Waals surface area (Å²) in [6, 6.07) is 3.73. The van der Waals surface area contributed by atoms with Crippen LogP contribution in [0.2, 0.25) is 5.02 Å². The maximum atomic E-state index is 13.4. The monoisotopic (exact) mass is 485 g/mol. The maximum absolute atomic E-state index is 13.4. The largest absolute Gasteiger partial charge is 0.346 e. The number of hydrogen-bond donors (Lipinski definition) is 1. The van der Waals surface area contributed by atoms with E-state index in [1.165, 1.54) is 6.33 Å². The van der Waals surface area contributed by atoms with Crippen LogP contribution in [0.25, 0.3) is 16.6 Å². The van der Waals surface area contributed by atoms with E-state index in [9.17, 15) is 10.1 Å². The lowest BCUT2D eigenvalue weighted by atomic mass is 10.1. The van der Waals surface area contributed by atoms with Crippen LogP contribution < -0.4 is 10.5 Å². The molecule has 12 heteroatoms. The standard InChI is InChI=1S/C21H22ClN9O.H2S/c1-28(2)8-9-30-19(27-31-7-5-14(22)17(31)21(30)32)15-4-3-6-29(15)20-16-13(10-23)11-24-18(16)25-12-26-20;/h5,7,11-12,15H,3-4,6,8-9H2,1-2H3,(H,24,25,26);1H2/t15-;/m0./s1. The second kappa shape index (κ2) is 9.05. The summed E-state index contributed by atoms with van der Waals surface area (Å²) in [4.78, 5) is 29.4. The number of halogens is 1. The fourth-order valence-corrected chi connectivity index (χ4v) is 4.61. The molecule has 5 heterocycles. The van der Waals surface area contributed by atoms with E-state index in [1.54, 1.807) is 27.5 Å². The third kappa shape index (κ3) is 3.84. The summed E-state index contributed by atoms with van der Waals surface area (Å²) in [6.07, 6.45) is 6.57. The summed E-state index contributed by atoms with van der Waals surface area (Å²) in [5, 5.41) is 15.5. The lowest BCUT2D eigenvalue weighted by molar-refractivity contribution is 0.370. The Labute approximate surface area is 201 Å². The highest BCUT2D eigenvalue weighted by Gasteiger charge is 2.33. The molecule has 1 N–H and O–H groups in total. The topological polar surface area (TPSA) is 111 Å². The summed E-state index contributed by atoms with van der Waals surface area (Å²) < 4.78 is 3.29. The molecule has 5 rings (SSSR count). The van der Waals surface area contributed by atoms with Crippen LogP contribution in [-0.4, -0.2) is 61.2 Å². The number of nitrogens with zero attached hydrogens (tertiary/aromatic N) is 8. The summed E-state index contributed by atoms with van der Waals surface area (Å²) in [5.41, 5.74) is 1.32. The molecule has 0 saturated carbocycles. The molecular weight excluding hydrogens is 462 g/mol. The number of H-pyrrole nitrogens is 1. The van der Waals surface area contributed by atoms with Gasteiger partial charge in [-0.25, -0.2) is 14.5 Å². The molecule has 1 atom stereocenters. The molecule has 0 spiro atoms. The van der Waals surface area contributed by atoms with E-state index in [1.807, 2.05) is 19.0 Å². The molecule has 1 aliphatic rings. The Bertz CT molecular complexity index is 1420. The SMILES string of the molecule is CN(C)CCn1c([C@@H]2CCCN2c2ncnc3[nH]cc(C#N)c23)nn2ccc(Cl)c2c1=O.S. The van der Waals surface area contributed by atoms with Gasteiger partial charge in [-0.05, 0) is 33.0 Å². The smallest absolute Gasteiger partial charge is 0.279 e. The number of anilines is 1. The first-order valence-electron chi connectivity index (χ1n) is 10.4. The Kier molecular flexibility index (Phi) is 6.34. The molecule has 33 heavy (non-hydrogen) atoms. The van der Waals surface area contributed by atoms with Crippen molar-refractivity contribution in [3.8, 4) is 6.07 Å². The fraction of sp³-hybridized carbons (Fsp3) is 0.381. The molecule has 1 saturated heterocycles. The molecule has 1 fully saturated rings. The van der Waals surface area contributed by atoms with Gasteiger partial charge in [0.2, 0.25) is 0 Å². The van der Waals surface area contributed by atoms with Crippen LogP contribution in [0.4, 0.5) is 5.82 Å². The molecule has 4 aromatic heterocycles. The van der Waals surface area contributed by atoms with Crippen molar-refractivity contribution in [2.24, 2.45) is 0 Å². The van der Waals surface area contributed by atoms with E-state index in [0.29, 0.717) is 51.9 Å². The van der Waals surface area contributed by atoms with Crippen molar-refractivity contribution in [1.29, 1.82) is 5.26 Å². The van der Waals surface area contributed by atoms with Gasteiger partial charge in [-0.3, -0.25) is 9.36 Å². The second-order valence-corrected chi connectivity index (χ2v) is 8.57. The molecule has 0 aliphatic carbocycles. The van der Waals surface area contributed by atoms with Crippen molar-refractivity contribution in [2.75, 3.05) is 32.1 Å². The number of hydrogen-bond acceptors (Lipinski definition) is 7. The van der Waals surface area contributed by atoms with Gasteiger partial charge in [0.15, 0.2) is 5.82 Å². The predicted octanol–water partition coefficient (Wildman–Crippen LogP) is 2.31. The molecule has 4 aromatic rings. The van der Waals surface area contributed by atoms with Gasteiger partial charge in [-0.1, -0.05) is 11.6 Å². The van der Waals surface area contributed by atoms with Gasteiger partial charge in [0.25, 0.3) is 5.56 Å². The van der Waals surface area contributed by atoms with Crippen molar-refractivity contribution in [1.82, 2.24) is 34.0 Å². The number of likely N-dealkylation sites (N-methyl/N-ethyl adjacent to an activating group) is 1. The van der Waals surface area contributed by atoms with Crippen LogP contribution >= 0.6 is 25.1 Å². The molecular formula is C21H24ClN9OS. The summed E-state index contributed by atoms with van der Waals surface area (Å²) >= 11 is 6.29. The highest BCUT2D eigenvalue weighted by atomic mass is 35.5. The zero-order chi connectivity index (χ0) is 22.4. The first-order valence-corrected chi connectivity index (χ1v) is 10.8. The first-order chi connectivity index (χ1) is 15.5. The molecule has 0 aromatic carbocycles. The van der Waals surface area contributed by atoms with Crippen LogP contribution in [0.1, 0.15) is 30.3 Å². The first kappa shape index (κ1) is 23.1.